The van der Waals surface area contributed by atoms with E-state index in [0.29, 0.717) is 6.61 Å². The Morgan fingerprint density at radius 2 is 2.15 bits per heavy atom. The maximum Gasteiger partial charge on any atom is 0.313 e. The largest absolute Gasteiger partial charge is 0.425 e. The topological polar surface area (TPSA) is 73.6 Å². The van der Waals surface area contributed by atoms with Crippen molar-refractivity contribution in [1.29, 1.82) is 0 Å². The third-order valence-corrected chi connectivity index (χ3v) is 4.97. The molecule has 20 heavy (non-hydrogen) atoms. The van der Waals surface area contributed by atoms with E-state index in [1.807, 2.05) is 13.8 Å². The third kappa shape index (κ3) is 4.83. The van der Waals surface area contributed by atoms with E-state index in [-0.39, 0.29) is 17.5 Å². The number of nitro groups is 1. The number of rotatable bonds is 7. The fourth-order valence-electron chi connectivity index (χ4n) is 1.55. The first-order chi connectivity index (χ1) is 9.27. The van der Waals surface area contributed by atoms with E-state index >= 15 is 0 Å². The summed E-state index contributed by atoms with van der Waals surface area (Å²) in [7, 11) is 0. The van der Waals surface area contributed by atoms with Crippen LogP contribution in [0.2, 0.25) is 0 Å². The zero-order valence-corrected chi connectivity index (χ0v) is 13.7. The highest BCUT2D eigenvalue weighted by Crippen LogP contribution is 2.47. The number of nitrogens with one attached hydrogen (secondary N) is 1. The Morgan fingerprint density at radius 3 is 2.65 bits per heavy atom. The molecule has 1 N–H and O–H groups in total. The van der Waals surface area contributed by atoms with E-state index in [1.165, 1.54) is 6.07 Å². The van der Waals surface area contributed by atoms with Crippen molar-refractivity contribution in [3.05, 3.63) is 33.9 Å². The van der Waals surface area contributed by atoms with Crippen molar-refractivity contribution in [1.82, 2.24) is 5.09 Å². The average Bonchev–Trinajstić information content (AvgIpc) is 2.30. The molecule has 0 aliphatic carbocycles. The zero-order chi connectivity index (χ0) is 15.3. The Labute approximate surface area is 123 Å². The first kappa shape index (κ1) is 17.0. The Balaban J connectivity index is 3.11. The number of hydrogen-bond donors (Lipinski definition) is 1. The molecule has 0 amide bonds. The van der Waals surface area contributed by atoms with Crippen LogP contribution < -0.4 is 9.61 Å². The standard InChI is InChI=1S/C12H19N2O4PS/c1-5-17-19(20,13-9(2)3)18-12-7-6-10(4)8-11(12)14(15)16/h6-9H,5H2,1-4H3,(H,13,20)/t19-/m1/s1. The van der Waals surface area contributed by atoms with Crippen molar-refractivity contribution >= 4 is 24.1 Å². The predicted molar refractivity (Wildman–Crippen MR) is 82.6 cm³/mol. The van der Waals surface area contributed by atoms with Crippen molar-refractivity contribution in [2.75, 3.05) is 6.61 Å². The van der Waals surface area contributed by atoms with Crippen LogP contribution in [0.1, 0.15) is 26.3 Å². The van der Waals surface area contributed by atoms with Crippen molar-refractivity contribution < 1.29 is 14.0 Å². The Morgan fingerprint density at radius 1 is 1.50 bits per heavy atom. The second-order valence-corrected chi connectivity index (χ2v) is 7.65. The summed E-state index contributed by atoms with van der Waals surface area (Å²) in [4.78, 5) is 10.6. The van der Waals surface area contributed by atoms with Crippen LogP contribution in [0.25, 0.3) is 0 Å². The lowest BCUT2D eigenvalue weighted by Gasteiger charge is -2.24. The number of hydrogen-bond acceptors (Lipinski definition) is 5. The summed E-state index contributed by atoms with van der Waals surface area (Å²) < 4.78 is 11.1. The SMILES string of the molecule is CCO[P@](=S)(NC(C)C)Oc1ccc(C)cc1[N+](=O)[O-]. The molecule has 0 bridgehead atoms. The fraction of sp³-hybridized carbons (Fsp3) is 0.500. The van der Waals surface area contributed by atoms with E-state index in [1.54, 1.807) is 26.0 Å². The van der Waals surface area contributed by atoms with Gasteiger partial charge in [0.2, 0.25) is 5.75 Å². The molecule has 1 aromatic rings. The molecule has 0 saturated carbocycles. The van der Waals surface area contributed by atoms with Crippen LogP contribution in [-0.2, 0) is 16.3 Å². The molecular weight excluding hydrogens is 299 g/mol. The molecular formula is C12H19N2O4PS. The van der Waals surface area contributed by atoms with Gasteiger partial charge in [0.15, 0.2) is 0 Å². The molecule has 0 radical (unpaired) electrons. The normalized spacial score (nSPS) is 14.1. The van der Waals surface area contributed by atoms with Gasteiger partial charge in [-0.25, -0.2) is 5.09 Å². The van der Waals surface area contributed by atoms with Gasteiger partial charge in [-0.15, -0.1) is 0 Å². The summed E-state index contributed by atoms with van der Waals surface area (Å²) in [6.45, 7) is 4.97. The summed E-state index contributed by atoms with van der Waals surface area (Å²) in [5, 5.41) is 14.1. The van der Waals surface area contributed by atoms with E-state index in [4.69, 9.17) is 20.9 Å². The molecule has 0 heterocycles. The van der Waals surface area contributed by atoms with Crippen molar-refractivity contribution in [2.45, 2.75) is 33.7 Å². The fourth-order valence-corrected chi connectivity index (χ4v) is 4.31. The molecule has 6 nitrogen and oxygen atoms in total. The lowest BCUT2D eigenvalue weighted by Crippen LogP contribution is -2.23. The average molecular weight is 318 g/mol. The first-order valence-electron chi connectivity index (χ1n) is 6.24. The molecule has 1 rings (SSSR count). The highest BCUT2D eigenvalue weighted by Gasteiger charge is 2.26. The van der Waals surface area contributed by atoms with Gasteiger partial charge in [0, 0.05) is 12.1 Å². The van der Waals surface area contributed by atoms with Crippen LogP contribution >= 0.6 is 6.64 Å². The van der Waals surface area contributed by atoms with Gasteiger partial charge in [0.05, 0.1) is 11.5 Å². The molecule has 1 aromatic carbocycles. The monoisotopic (exact) mass is 318 g/mol. The zero-order valence-electron chi connectivity index (χ0n) is 12.0. The van der Waals surface area contributed by atoms with E-state index < -0.39 is 11.6 Å². The van der Waals surface area contributed by atoms with E-state index in [2.05, 4.69) is 5.09 Å². The van der Waals surface area contributed by atoms with Gasteiger partial charge in [-0.05, 0) is 51.1 Å². The Kier molecular flexibility index (Phi) is 6.07. The quantitative estimate of drug-likeness (QED) is 0.471. The van der Waals surface area contributed by atoms with Gasteiger partial charge in [-0.3, -0.25) is 10.1 Å². The number of benzene rings is 1. The van der Waals surface area contributed by atoms with E-state index in [9.17, 15) is 10.1 Å². The smallest absolute Gasteiger partial charge is 0.313 e. The van der Waals surface area contributed by atoms with Crippen LogP contribution in [-0.4, -0.2) is 17.6 Å². The maximum absolute atomic E-state index is 11.1. The summed E-state index contributed by atoms with van der Waals surface area (Å²) in [6, 6.07) is 4.80. The highest BCUT2D eigenvalue weighted by molar-refractivity contribution is 8.09. The molecule has 0 aliphatic rings. The van der Waals surface area contributed by atoms with Gasteiger partial charge < -0.3 is 9.05 Å². The summed E-state index contributed by atoms with van der Waals surface area (Å²) in [6.07, 6.45) is 0. The van der Waals surface area contributed by atoms with Crippen LogP contribution in [0.15, 0.2) is 18.2 Å². The highest BCUT2D eigenvalue weighted by atomic mass is 32.5. The molecule has 0 unspecified atom stereocenters. The minimum absolute atomic E-state index is 0.0527. The molecule has 0 aliphatic heterocycles. The predicted octanol–water partition coefficient (Wildman–Crippen LogP) is 3.54. The lowest BCUT2D eigenvalue weighted by molar-refractivity contribution is -0.385. The van der Waals surface area contributed by atoms with Crippen molar-refractivity contribution in [3.8, 4) is 5.75 Å². The van der Waals surface area contributed by atoms with Gasteiger partial charge in [-0.1, -0.05) is 6.07 Å². The maximum atomic E-state index is 11.1. The second-order valence-electron chi connectivity index (χ2n) is 4.52. The third-order valence-electron chi connectivity index (χ3n) is 2.25. The van der Waals surface area contributed by atoms with Gasteiger partial charge in [0.25, 0.3) is 0 Å². The molecule has 0 fully saturated rings. The molecule has 0 aromatic heterocycles. The van der Waals surface area contributed by atoms with Crippen molar-refractivity contribution in [2.24, 2.45) is 0 Å². The van der Waals surface area contributed by atoms with Gasteiger partial charge >= 0.3 is 12.3 Å². The summed E-state index contributed by atoms with van der Waals surface area (Å²) in [5.41, 5.74) is 0.676. The first-order valence-corrected chi connectivity index (χ1v) is 8.88. The van der Waals surface area contributed by atoms with E-state index in [0.717, 1.165) is 5.56 Å². The van der Waals surface area contributed by atoms with Crippen LogP contribution in [0.5, 0.6) is 5.75 Å². The Bertz CT molecular complexity index is 536. The van der Waals surface area contributed by atoms with Crippen LogP contribution in [0, 0.1) is 17.0 Å². The summed E-state index contributed by atoms with van der Waals surface area (Å²) >= 11 is 5.37. The van der Waals surface area contributed by atoms with Crippen molar-refractivity contribution in [3.63, 3.8) is 0 Å². The lowest BCUT2D eigenvalue weighted by atomic mass is 10.2. The Hall–Kier alpha value is -1.01. The van der Waals surface area contributed by atoms with Crippen LogP contribution in [0.3, 0.4) is 0 Å². The van der Waals surface area contributed by atoms with Gasteiger partial charge in [0.1, 0.15) is 0 Å². The number of aryl methyl sites for hydroxylation is 1. The molecule has 1 atom stereocenters. The minimum atomic E-state index is -2.80. The summed E-state index contributed by atoms with van der Waals surface area (Å²) in [5.74, 6) is 0.130. The number of nitrogens with zero attached hydrogens (tertiary/aromatic N) is 1. The molecule has 0 spiro atoms. The van der Waals surface area contributed by atoms with Crippen LogP contribution in [0.4, 0.5) is 5.69 Å². The molecule has 8 heteroatoms. The molecule has 112 valence electrons. The van der Waals surface area contributed by atoms with Gasteiger partial charge in [-0.2, -0.15) is 0 Å². The number of nitro benzene ring substituents is 1. The minimum Gasteiger partial charge on any atom is -0.425 e. The molecule has 0 saturated heterocycles. The second kappa shape index (κ2) is 7.13.